The van der Waals surface area contributed by atoms with Crippen LogP contribution in [0.3, 0.4) is 0 Å². The smallest absolute Gasteiger partial charge is 0.338 e. The number of aliphatic imine (C=N–C) groups is 2. The van der Waals surface area contributed by atoms with Gasteiger partial charge in [0.1, 0.15) is 0 Å². The third-order valence-electron chi connectivity index (χ3n) is 3.08. The van der Waals surface area contributed by atoms with E-state index in [1.165, 1.54) is 0 Å². The lowest BCUT2D eigenvalue weighted by molar-refractivity contribution is 0.0526. The highest BCUT2D eigenvalue weighted by Gasteiger charge is 2.06. The van der Waals surface area contributed by atoms with Gasteiger partial charge in [-0.15, -0.1) is 0 Å². The Kier molecular flexibility index (Phi) is 5.51. The van der Waals surface area contributed by atoms with E-state index in [-0.39, 0.29) is 17.9 Å². The molecule has 0 bridgehead atoms. The molecule has 2 aromatic rings. The first-order valence-corrected chi connectivity index (χ1v) is 7.31. The molecule has 0 aliphatic rings. The van der Waals surface area contributed by atoms with E-state index < -0.39 is 0 Å². The van der Waals surface area contributed by atoms with E-state index in [2.05, 4.69) is 9.98 Å². The van der Waals surface area contributed by atoms with Crippen LogP contribution in [0.1, 0.15) is 17.3 Å². The predicted octanol–water partition coefficient (Wildman–Crippen LogP) is 1.75. The van der Waals surface area contributed by atoms with Crippen molar-refractivity contribution in [2.45, 2.75) is 6.92 Å². The predicted molar refractivity (Wildman–Crippen MR) is 94.9 cm³/mol. The van der Waals surface area contributed by atoms with E-state index in [0.717, 1.165) is 11.1 Å². The quantitative estimate of drug-likeness (QED) is 0.448. The van der Waals surface area contributed by atoms with Crippen molar-refractivity contribution >= 4 is 23.6 Å². The van der Waals surface area contributed by atoms with Gasteiger partial charge in [0.05, 0.1) is 17.9 Å². The fraction of sp³-hybridized carbons (Fsp3) is 0.118. The molecule has 0 atom stereocenters. The van der Waals surface area contributed by atoms with Gasteiger partial charge in [-0.05, 0) is 42.3 Å². The van der Waals surface area contributed by atoms with Gasteiger partial charge in [-0.1, -0.05) is 24.3 Å². The third kappa shape index (κ3) is 4.57. The summed E-state index contributed by atoms with van der Waals surface area (Å²) < 4.78 is 4.96. The van der Waals surface area contributed by atoms with Crippen molar-refractivity contribution in [1.82, 2.24) is 0 Å². The number of benzene rings is 2. The molecule has 0 amide bonds. The van der Waals surface area contributed by atoms with Crippen LogP contribution < -0.4 is 17.2 Å². The van der Waals surface area contributed by atoms with Gasteiger partial charge >= 0.3 is 5.97 Å². The molecule has 2 rings (SSSR count). The first-order valence-electron chi connectivity index (χ1n) is 7.31. The third-order valence-corrected chi connectivity index (χ3v) is 3.08. The van der Waals surface area contributed by atoms with E-state index in [0.29, 0.717) is 17.9 Å². The summed E-state index contributed by atoms with van der Waals surface area (Å²) in [5.74, 6) is -0.486. The number of nitrogens with two attached hydrogens (primary N) is 3. The van der Waals surface area contributed by atoms with E-state index in [9.17, 15) is 4.79 Å². The van der Waals surface area contributed by atoms with Crippen LogP contribution in [0.25, 0.3) is 11.1 Å². The summed E-state index contributed by atoms with van der Waals surface area (Å²) in [5, 5.41) is 0. The van der Waals surface area contributed by atoms with Gasteiger partial charge in [-0.3, -0.25) is 0 Å². The van der Waals surface area contributed by atoms with Crippen molar-refractivity contribution in [3.8, 4) is 11.1 Å². The molecule has 0 fully saturated rings. The minimum absolute atomic E-state index is 0.0125. The molecule has 0 heterocycles. The highest BCUT2D eigenvalue weighted by atomic mass is 16.5. The Morgan fingerprint density at radius 1 is 0.958 bits per heavy atom. The second kappa shape index (κ2) is 7.77. The standard InChI is InChI=1S/C17H19N5O2/c1-2-24-15(23)13-5-3-11(4-6-13)12-7-9-14(10-8-12)21-17(20)22-16(18)19/h3-10H,2H2,1H3,(H6,18,19,20,21,22). The fourth-order valence-corrected chi connectivity index (χ4v) is 2.03. The monoisotopic (exact) mass is 325 g/mol. The van der Waals surface area contributed by atoms with Gasteiger partial charge in [0.2, 0.25) is 5.96 Å². The van der Waals surface area contributed by atoms with E-state index in [1.54, 1.807) is 31.2 Å². The minimum Gasteiger partial charge on any atom is -0.462 e. The number of guanidine groups is 2. The van der Waals surface area contributed by atoms with Crippen LogP contribution in [0.2, 0.25) is 0 Å². The normalized spacial score (nSPS) is 11.0. The highest BCUT2D eigenvalue weighted by Crippen LogP contribution is 2.23. The van der Waals surface area contributed by atoms with Gasteiger partial charge in [0, 0.05) is 0 Å². The number of hydrogen-bond acceptors (Lipinski definition) is 3. The number of nitrogens with zero attached hydrogens (tertiary/aromatic N) is 2. The first kappa shape index (κ1) is 17.0. The summed E-state index contributed by atoms with van der Waals surface area (Å²) in [6, 6.07) is 14.6. The van der Waals surface area contributed by atoms with Gasteiger partial charge in [0.15, 0.2) is 5.96 Å². The average Bonchev–Trinajstić information content (AvgIpc) is 2.55. The van der Waals surface area contributed by atoms with Crippen LogP contribution in [-0.4, -0.2) is 24.5 Å². The minimum atomic E-state index is -0.330. The van der Waals surface area contributed by atoms with Crippen molar-refractivity contribution in [1.29, 1.82) is 0 Å². The summed E-state index contributed by atoms with van der Waals surface area (Å²) in [6.07, 6.45) is 0. The average molecular weight is 325 g/mol. The number of carbonyl (C=O) groups is 1. The van der Waals surface area contributed by atoms with Crippen LogP contribution in [0, 0.1) is 0 Å². The maximum absolute atomic E-state index is 11.6. The number of rotatable bonds is 4. The molecule has 0 aliphatic heterocycles. The number of hydrogen-bond donors (Lipinski definition) is 3. The zero-order chi connectivity index (χ0) is 17.5. The van der Waals surface area contributed by atoms with Crippen LogP contribution in [-0.2, 0) is 4.74 Å². The molecule has 0 spiro atoms. The lowest BCUT2D eigenvalue weighted by Gasteiger charge is -2.05. The molecule has 7 nitrogen and oxygen atoms in total. The molecule has 0 aromatic heterocycles. The van der Waals surface area contributed by atoms with Gasteiger partial charge in [0.25, 0.3) is 0 Å². The molecule has 2 aromatic carbocycles. The molecule has 0 saturated carbocycles. The fourth-order valence-electron chi connectivity index (χ4n) is 2.03. The molecule has 24 heavy (non-hydrogen) atoms. The van der Waals surface area contributed by atoms with Gasteiger partial charge in [-0.25, -0.2) is 9.79 Å². The Balaban J connectivity index is 2.16. The molecule has 0 saturated heterocycles. The molecule has 7 heteroatoms. The van der Waals surface area contributed by atoms with Crippen molar-refractivity contribution in [3.63, 3.8) is 0 Å². The van der Waals surface area contributed by atoms with Crippen molar-refractivity contribution < 1.29 is 9.53 Å². The molecule has 0 radical (unpaired) electrons. The van der Waals surface area contributed by atoms with Crippen LogP contribution in [0.15, 0.2) is 58.5 Å². The SMILES string of the molecule is CCOC(=O)c1ccc(-c2ccc(N=C(N)N=C(N)N)cc2)cc1. The lowest BCUT2D eigenvalue weighted by Crippen LogP contribution is -2.26. The van der Waals surface area contributed by atoms with Crippen LogP contribution in [0.5, 0.6) is 0 Å². The van der Waals surface area contributed by atoms with Crippen LogP contribution in [0.4, 0.5) is 5.69 Å². The summed E-state index contributed by atoms with van der Waals surface area (Å²) in [4.78, 5) is 19.4. The van der Waals surface area contributed by atoms with Crippen molar-refractivity contribution in [3.05, 3.63) is 54.1 Å². The topological polar surface area (TPSA) is 129 Å². The van der Waals surface area contributed by atoms with Crippen molar-refractivity contribution in [2.75, 3.05) is 6.61 Å². The Morgan fingerprint density at radius 3 is 2.00 bits per heavy atom. The van der Waals surface area contributed by atoms with Crippen LogP contribution >= 0.6 is 0 Å². The van der Waals surface area contributed by atoms with E-state index in [1.807, 2.05) is 24.3 Å². The Bertz CT molecular complexity index is 761. The molecule has 124 valence electrons. The molecule has 6 N–H and O–H groups in total. The molecule has 0 aliphatic carbocycles. The second-order valence-corrected chi connectivity index (χ2v) is 4.85. The lowest BCUT2D eigenvalue weighted by atomic mass is 10.0. The molecular weight excluding hydrogens is 306 g/mol. The maximum atomic E-state index is 11.6. The Labute approximate surface area is 139 Å². The molecular formula is C17H19N5O2. The second-order valence-electron chi connectivity index (χ2n) is 4.85. The van der Waals surface area contributed by atoms with E-state index in [4.69, 9.17) is 21.9 Å². The van der Waals surface area contributed by atoms with Gasteiger partial charge in [-0.2, -0.15) is 4.99 Å². The first-order chi connectivity index (χ1) is 11.5. The number of esters is 1. The zero-order valence-corrected chi connectivity index (χ0v) is 13.3. The summed E-state index contributed by atoms with van der Waals surface area (Å²) in [5.41, 5.74) is 19.1. The number of carbonyl (C=O) groups excluding carboxylic acids is 1. The summed E-state index contributed by atoms with van der Waals surface area (Å²) >= 11 is 0. The number of ether oxygens (including phenoxy) is 1. The largest absolute Gasteiger partial charge is 0.462 e. The maximum Gasteiger partial charge on any atom is 0.338 e. The zero-order valence-electron chi connectivity index (χ0n) is 13.3. The molecule has 0 unspecified atom stereocenters. The summed E-state index contributed by atoms with van der Waals surface area (Å²) in [6.45, 7) is 2.13. The van der Waals surface area contributed by atoms with Gasteiger partial charge < -0.3 is 21.9 Å². The van der Waals surface area contributed by atoms with E-state index >= 15 is 0 Å². The Hall–Kier alpha value is -3.35. The Morgan fingerprint density at radius 2 is 1.50 bits per heavy atom. The summed E-state index contributed by atoms with van der Waals surface area (Å²) in [7, 11) is 0. The highest BCUT2D eigenvalue weighted by molar-refractivity contribution is 5.93. The van der Waals surface area contributed by atoms with Crippen molar-refractivity contribution in [2.24, 2.45) is 27.2 Å².